The molecule has 1 aliphatic carbocycles. The van der Waals surface area contributed by atoms with Crippen LogP contribution in [0.1, 0.15) is 29.1 Å². The highest BCUT2D eigenvalue weighted by atomic mass is 32.2. The number of sulfonamides is 1. The average Bonchev–Trinajstić information content (AvgIpc) is 3.04. The molecule has 0 saturated carbocycles. The Bertz CT molecular complexity index is 735. The smallest absolute Gasteiger partial charge is 0.240 e. The zero-order valence-corrected chi connectivity index (χ0v) is 12.0. The molecule has 1 aliphatic rings. The van der Waals surface area contributed by atoms with Crippen LogP contribution in [-0.2, 0) is 29.4 Å². The molecule has 2 aromatic rings. The summed E-state index contributed by atoms with van der Waals surface area (Å²) in [6.07, 6.45) is 4.56. The molecule has 1 aromatic carbocycles. The Kier molecular flexibility index (Phi) is 3.35. The lowest BCUT2D eigenvalue weighted by atomic mass is 10.1. The van der Waals surface area contributed by atoms with Crippen LogP contribution in [-0.4, -0.2) is 13.4 Å². The normalized spacial score (nSPS) is 14.4. The molecule has 106 valence electrons. The predicted octanol–water partition coefficient (Wildman–Crippen LogP) is 1.95. The van der Waals surface area contributed by atoms with Gasteiger partial charge in [-0.3, -0.25) is 0 Å². The van der Waals surface area contributed by atoms with Gasteiger partial charge in [0.25, 0.3) is 0 Å². The number of hydrogen-bond acceptors (Lipinski definition) is 4. The number of nitrogens with one attached hydrogen (secondary N) is 1. The van der Waals surface area contributed by atoms with Crippen LogP contribution in [0.3, 0.4) is 0 Å². The number of aromatic nitrogens is 1. The molecular formula is C14H16N2O3S. The van der Waals surface area contributed by atoms with E-state index in [0.29, 0.717) is 16.5 Å². The molecule has 20 heavy (non-hydrogen) atoms. The zero-order valence-electron chi connectivity index (χ0n) is 11.2. The summed E-state index contributed by atoms with van der Waals surface area (Å²) >= 11 is 0. The lowest BCUT2D eigenvalue weighted by molar-refractivity contribution is 0.520. The molecule has 0 saturated heterocycles. The van der Waals surface area contributed by atoms with E-state index in [2.05, 4.69) is 9.71 Å². The number of benzene rings is 1. The molecule has 0 spiro atoms. The highest BCUT2D eigenvalue weighted by Gasteiger charge is 2.18. The first-order valence-corrected chi connectivity index (χ1v) is 8.05. The molecule has 3 rings (SSSR count). The van der Waals surface area contributed by atoms with E-state index >= 15 is 0 Å². The van der Waals surface area contributed by atoms with E-state index in [1.54, 1.807) is 19.1 Å². The van der Waals surface area contributed by atoms with Crippen molar-refractivity contribution in [1.82, 2.24) is 9.71 Å². The van der Waals surface area contributed by atoms with Gasteiger partial charge in [-0.15, -0.1) is 0 Å². The van der Waals surface area contributed by atoms with Crippen LogP contribution in [0.4, 0.5) is 0 Å². The second-order valence-electron chi connectivity index (χ2n) is 4.97. The Morgan fingerprint density at radius 3 is 2.85 bits per heavy atom. The van der Waals surface area contributed by atoms with Crippen molar-refractivity contribution < 1.29 is 12.8 Å². The van der Waals surface area contributed by atoms with E-state index in [4.69, 9.17) is 4.42 Å². The molecule has 0 fully saturated rings. The van der Waals surface area contributed by atoms with Crippen LogP contribution in [0.15, 0.2) is 33.8 Å². The molecule has 6 heteroatoms. The lowest BCUT2D eigenvalue weighted by Crippen LogP contribution is -2.23. The van der Waals surface area contributed by atoms with Gasteiger partial charge in [0, 0.05) is 6.92 Å². The van der Waals surface area contributed by atoms with E-state index in [1.165, 1.54) is 11.8 Å². The lowest BCUT2D eigenvalue weighted by Gasteiger charge is -2.07. The molecule has 5 nitrogen and oxygen atoms in total. The molecule has 1 N–H and O–H groups in total. The van der Waals surface area contributed by atoms with Gasteiger partial charge in [0.15, 0.2) is 5.89 Å². The van der Waals surface area contributed by atoms with Gasteiger partial charge in [-0.25, -0.2) is 18.1 Å². The van der Waals surface area contributed by atoms with E-state index in [0.717, 1.165) is 24.8 Å². The van der Waals surface area contributed by atoms with Crippen molar-refractivity contribution in [3.05, 3.63) is 47.2 Å². The third-order valence-corrected chi connectivity index (χ3v) is 4.89. The number of oxazole rings is 1. The highest BCUT2D eigenvalue weighted by molar-refractivity contribution is 7.89. The zero-order chi connectivity index (χ0) is 14.2. The van der Waals surface area contributed by atoms with Gasteiger partial charge in [-0.1, -0.05) is 6.07 Å². The maximum atomic E-state index is 12.2. The topological polar surface area (TPSA) is 72.2 Å². The van der Waals surface area contributed by atoms with Gasteiger partial charge in [-0.2, -0.15) is 0 Å². The van der Waals surface area contributed by atoms with Crippen molar-refractivity contribution >= 4 is 10.0 Å². The van der Waals surface area contributed by atoms with Gasteiger partial charge in [-0.05, 0) is 42.5 Å². The van der Waals surface area contributed by atoms with Crippen LogP contribution in [0.5, 0.6) is 0 Å². The standard InChI is InChI=1S/C14H16N2O3S/c1-10-16-13(9-19-10)8-15-20(17,18)14-6-5-11-3-2-4-12(11)7-14/h5-7,9,15H,2-4,8H2,1H3. The molecular weight excluding hydrogens is 276 g/mol. The van der Waals surface area contributed by atoms with E-state index < -0.39 is 10.0 Å². The van der Waals surface area contributed by atoms with Crippen molar-refractivity contribution in [3.8, 4) is 0 Å². The molecule has 1 aromatic heterocycles. The number of nitrogens with zero attached hydrogens (tertiary/aromatic N) is 1. The largest absolute Gasteiger partial charge is 0.449 e. The number of aryl methyl sites for hydroxylation is 3. The maximum Gasteiger partial charge on any atom is 0.240 e. The minimum absolute atomic E-state index is 0.136. The van der Waals surface area contributed by atoms with Crippen LogP contribution in [0, 0.1) is 6.92 Å². The minimum Gasteiger partial charge on any atom is -0.449 e. The van der Waals surface area contributed by atoms with Gasteiger partial charge in [0.2, 0.25) is 10.0 Å². The monoisotopic (exact) mass is 292 g/mol. The second kappa shape index (κ2) is 5.03. The molecule has 1 heterocycles. The van der Waals surface area contributed by atoms with Crippen molar-refractivity contribution in [2.24, 2.45) is 0 Å². The van der Waals surface area contributed by atoms with Crippen molar-refractivity contribution in [2.75, 3.05) is 0 Å². The van der Waals surface area contributed by atoms with Crippen molar-refractivity contribution in [1.29, 1.82) is 0 Å². The summed E-state index contributed by atoms with van der Waals surface area (Å²) in [6.45, 7) is 1.86. The molecule has 0 amide bonds. The van der Waals surface area contributed by atoms with E-state index in [1.807, 2.05) is 6.07 Å². The van der Waals surface area contributed by atoms with Gasteiger partial charge in [0.1, 0.15) is 6.26 Å². The summed E-state index contributed by atoms with van der Waals surface area (Å²) in [5.41, 5.74) is 2.98. The first kappa shape index (κ1) is 13.3. The SMILES string of the molecule is Cc1nc(CNS(=O)(=O)c2ccc3c(c2)CCC3)co1. The summed E-state index contributed by atoms with van der Waals surface area (Å²) in [7, 11) is -3.50. The Hall–Kier alpha value is -1.66. The molecule has 0 bridgehead atoms. The molecule has 0 unspecified atom stereocenters. The summed E-state index contributed by atoms with van der Waals surface area (Å²) in [6, 6.07) is 5.36. The summed E-state index contributed by atoms with van der Waals surface area (Å²) < 4.78 is 32.1. The van der Waals surface area contributed by atoms with Crippen LogP contribution >= 0.6 is 0 Å². The predicted molar refractivity (Wildman–Crippen MR) is 73.7 cm³/mol. The van der Waals surface area contributed by atoms with Crippen LogP contribution in [0.2, 0.25) is 0 Å². The Morgan fingerprint density at radius 1 is 1.30 bits per heavy atom. The minimum atomic E-state index is -3.50. The van der Waals surface area contributed by atoms with Gasteiger partial charge >= 0.3 is 0 Å². The quantitative estimate of drug-likeness (QED) is 0.935. The Morgan fingerprint density at radius 2 is 2.10 bits per heavy atom. The molecule has 0 atom stereocenters. The average molecular weight is 292 g/mol. The highest BCUT2D eigenvalue weighted by Crippen LogP contribution is 2.24. The first-order valence-electron chi connectivity index (χ1n) is 6.57. The second-order valence-corrected chi connectivity index (χ2v) is 6.73. The van der Waals surface area contributed by atoms with E-state index in [9.17, 15) is 8.42 Å². The van der Waals surface area contributed by atoms with Gasteiger partial charge < -0.3 is 4.42 Å². The number of rotatable bonds is 4. The Balaban J connectivity index is 1.78. The first-order chi connectivity index (χ1) is 9.54. The summed E-state index contributed by atoms with van der Waals surface area (Å²) in [5.74, 6) is 0.525. The molecule has 0 radical (unpaired) electrons. The summed E-state index contributed by atoms with van der Waals surface area (Å²) in [4.78, 5) is 4.39. The fourth-order valence-electron chi connectivity index (χ4n) is 2.46. The third kappa shape index (κ3) is 2.62. The third-order valence-electron chi connectivity index (χ3n) is 3.49. The summed E-state index contributed by atoms with van der Waals surface area (Å²) in [5, 5.41) is 0. The van der Waals surface area contributed by atoms with Crippen molar-refractivity contribution in [3.63, 3.8) is 0 Å². The maximum absolute atomic E-state index is 12.2. The van der Waals surface area contributed by atoms with Crippen LogP contribution in [0.25, 0.3) is 0 Å². The van der Waals surface area contributed by atoms with Gasteiger partial charge in [0.05, 0.1) is 17.1 Å². The number of fused-ring (bicyclic) bond motifs is 1. The van der Waals surface area contributed by atoms with E-state index in [-0.39, 0.29) is 6.54 Å². The fraction of sp³-hybridized carbons (Fsp3) is 0.357. The van der Waals surface area contributed by atoms with Crippen LogP contribution < -0.4 is 4.72 Å². The fourth-order valence-corrected chi connectivity index (χ4v) is 3.51. The molecule has 0 aliphatic heterocycles. The Labute approximate surface area is 118 Å². The van der Waals surface area contributed by atoms with Crippen molar-refractivity contribution in [2.45, 2.75) is 37.6 Å². The number of hydrogen-bond donors (Lipinski definition) is 1.